The molecule has 0 unspecified atom stereocenters. The van der Waals surface area contributed by atoms with E-state index in [1.165, 1.54) is 17.8 Å². The first kappa shape index (κ1) is 21.0. The van der Waals surface area contributed by atoms with Gasteiger partial charge in [-0.05, 0) is 40.0 Å². The normalized spacial score (nSPS) is 11.3. The zero-order chi connectivity index (χ0) is 19.2. The number of rotatable bonds is 8. The van der Waals surface area contributed by atoms with E-state index >= 15 is 0 Å². The first-order chi connectivity index (χ1) is 12.3. The molecule has 1 amide bonds. The number of halogens is 1. The van der Waals surface area contributed by atoms with E-state index < -0.39 is 10.0 Å². The molecule has 0 heterocycles. The lowest BCUT2D eigenvalue weighted by atomic mass is 10.2. The lowest BCUT2D eigenvalue weighted by Crippen LogP contribution is -2.25. The first-order valence-corrected chi connectivity index (χ1v) is 11.5. The van der Waals surface area contributed by atoms with Crippen molar-refractivity contribution in [2.75, 3.05) is 6.54 Å². The maximum absolute atomic E-state index is 12.6. The molecule has 5 nitrogen and oxygen atoms in total. The Morgan fingerprint density at radius 3 is 2.54 bits per heavy atom. The first-order valence-electron chi connectivity index (χ1n) is 8.14. The number of unbranched alkanes of at least 4 members (excludes halogenated alkanes) is 1. The van der Waals surface area contributed by atoms with Gasteiger partial charge in [-0.1, -0.05) is 43.7 Å². The molecule has 0 fully saturated rings. The lowest BCUT2D eigenvalue weighted by Gasteiger charge is -2.13. The van der Waals surface area contributed by atoms with Crippen molar-refractivity contribution in [3.63, 3.8) is 0 Å². The fourth-order valence-corrected chi connectivity index (χ4v) is 5.07. The van der Waals surface area contributed by atoms with Crippen LogP contribution in [0.5, 0.6) is 0 Å². The topological polar surface area (TPSA) is 89.3 Å². The third kappa shape index (κ3) is 5.84. The highest BCUT2D eigenvalue weighted by Gasteiger charge is 2.20. The molecule has 2 aromatic carbocycles. The van der Waals surface area contributed by atoms with Gasteiger partial charge >= 0.3 is 0 Å². The molecule has 0 aliphatic carbocycles. The van der Waals surface area contributed by atoms with Crippen molar-refractivity contribution in [3.05, 3.63) is 58.1 Å². The van der Waals surface area contributed by atoms with Crippen LogP contribution in [0.4, 0.5) is 0 Å². The van der Waals surface area contributed by atoms with Gasteiger partial charge in [0, 0.05) is 21.7 Å². The number of sulfonamides is 1. The number of nitrogens with one attached hydrogen (secondary N) is 1. The minimum absolute atomic E-state index is 0.0952. The SMILES string of the molecule is CCCCNC(=O)c1cc(S(N)(=O)=O)c(Br)cc1SCc1ccccc1. The third-order valence-corrected chi connectivity index (χ3v) is 6.63. The van der Waals surface area contributed by atoms with Crippen molar-refractivity contribution < 1.29 is 13.2 Å². The predicted molar refractivity (Wildman–Crippen MR) is 109 cm³/mol. The van der Waals surface area contributed by atoms with Crippen LogP contribution in [0.2, 0.25) is 0 Å². The summed E-state index contributed by atoms with van der Waals surface area (Å²) in [5, 5.41) is 8.10. The second-order valence-corrected chi connectivity index (χ2v) is 9.11. The van der Waals surface area contributed by atoms with Gasteiger partial charge in [-0.15, -0.1) is 11.8 Å². The molecule has 140 valence electrons. The van der Waals surface area contributed by atoms with Gasteiger partial charge in [-0.2, -0.15) is 0 Å². The fraction of sp³-hybridized carbons (Fsp3) is 0.278. The van der Waals surface area contributed by atoms with Crippen LogP contribution in [-0.2, 0) is 15.8 Å². The van der Waals surface area contributed by atoms with Crippen LogP contribution in [-0.4, -0.2) is 20.9 Å². The number of benzene rings is 2. The van der Waals surface area contributed by atoms with E-state index in [1.807, 2.05) is 37.3 Å². The molecule has 0 aromatic heterocycles. The van der Waals surface area contributed by atoms with Crippen LogP contribution in [0.1, 0.15) is 35.7 Å². The van der Waals surface area contributed by atoms with Gasteiger partial charge in [0.05, 0.1) is 10.5 Å². The van der Waals surface area contributed by atoms with Crippen LogP contribution < -0.4 is 10.5 Å². The molecule has 0 spiro atoms. The molecule has 2 aromatic rings. The minimum Gasteiger partial charge on any atom is -0.352 e. The number of thioether (sulfide) groups is 1. The smallest absolute Gasteiger partial charge is 0.252 e. The standard InChI is InChI=1S/C18H21BrN2O3S2/c1-2-3-9-21-18(22)14-10-17(26(20,23)24)15(19)11-16(14)25-12-13-7-5-4-6-8-13/h4-8,10-11H,2-3,9,12H2,1H3,(H,21,22)(H2,20,23,24). The Labute approximate surface area is 166 Å². The molecule has 0 bridgehead atoms. The maximum Gasteiger partial charge on any atom is 0.252 e. The van der Waals surface area contributed by atoms with Crippen molar-refractivity contribution in [2.45, 2.75) is 35.3 Å². The van der Waals surface area contributed by atoms with Gasteiger partial charge in [0.15, 0.2) is 0 Å². The number of amides is 1. The molecule has 0 aliphatic rings. The van der Waals surface area contributed by atoms with Gasteiger partial charge in [-0.3, -0.25) is 4.79 Å². The number of nitrogens with two attached hydrogens (primary N) is 1. The van der Waals surface area contributed by atoms with Crippen molar-refractivity contribution in [1.82, 2.24) is 5.32 Å². The average molecular weight is 457 g/mol. The highest BCUT2D eigenvalue weighted by Crippen LogP contribution is 2.33. The van der Waals surface area contributed by atoms with E-state index in [2.05, 4.69) is 21.2 Å². The summed E-state index contributed by atoms with van der Waals surface area (Å²) in [7, 11) is -3.93. The Morgan fingerprint density at radius 1 is 1.23 bits per heavy atom. The summed E-state index contributed by atoms with van der Waals surface area (Å²) in [5.74, 6) is 0.364. The third-order valence-electron chi connectivity index (χ3n) is 3.64. The summed E-state index contributed by atoms with van der Waals surface area (Å²) >= 11 is 4.73. The summed E-state index contributed by atoms with van der Waals surface area (Å²) in [6.45, 7) is 2.57. The summed E-state index contributed by atoms with van der Waals surface area (Å²) in [6.07, 6.45) is 1.81. The van der Waals surface area contributed by atoms with E-state index in [1.54, 1.807) is 6.07 Å². The molecule has 8 heteroatoms. The summed E-state index contributed by atoms with van der Waals surface area (Å²) in [5.41, 5.74) is 1.43. The second kappa shape index (κ2) is 9.55. The zero-order valence-corrected chi connectivity index (χ0v) is 17.6. The van der Waals surface area contributed by atoms with Crippen LogP contribution in [0, 0.1) is 0 Å². The van der Waals surface area contributed by atoms with Crippen molar-refractivity contribution in [1.29, 1.82) is 0 Å². The van der Waals surface area contributed by atoms with Gasteiger partial charge in [0.1, 0.15) is 0 Å². The largest absolute Gasteiger partial charge is 0.352 e. The number of hydrogen-bond donors (Lipinski definition) is 2. The van der Waals surface area contributed by atoms with Crippen molar-refractivity contribution in [2.24, 2.45) is 5.14 Å². The number of hydrogen-bond acceptors (Lipinski definition) is 4. The molecule has 3 N–H and O–H groups in total. The Bertz CT molecular complexity index is 872. The van der Waals surface area contributed by atoms with E-state index in [9.17, 15) is 13.2 Å². The maximum atomic E-state index is 12.6. The predicted octanol–water partition coefficient (Wildman–Crippen LogP) is 3.92. The molecule has 0 radical (unpaired) electrons. The van der Waals surface area contributed by atoms with E-state index in [0.717, 1.165) is 18.4 Å². The van der Waals surface area contributed by atoms with E-state index in [-0.39, 0.29) is 10.8 Å². The van der Waals surface area contributed by atoms with Gasteiger partial charge < -0.3 is 5.32 Å². The molecule has 2 rings (SSSR count). The van der Waals surface area contributed by atoms with Crippen LogP contribution in [0.15, 0.2) is 56.7 Å². The molecular formula is C18H21BrN2O3S2. The molecule has 0 atom stereocenters. The van der Waals surface area contributed by atoms with Crippen molar-refractivity contribution >= 4 is 43.6 Å². The number of carbonyl (C=O) groups excluding carboxylic acids is 1. The quantitative estimate of drug-likeness (QED) is 0.465. The van der Waals surface area contributed by atoms with Crippen LogP contribution >= 0.6 is 27.7 Å². The average Bonchev–Trinajstić information content (AvgIpc) is 2.60. The van der Waals surface area contributed by atoms with E-state index in [4.69, 9.17) is 5.14 Å². The van der Waals surface area contributed by atoms with Gasteiger partial charge in [-0.25, -0.2) is 13.6 Å². The zero-order valence-electron chi connectivity index (χ0n) is 14.4. The van der Waals surface area contributed by atoms with Gasteiger partial charge in [0.25, 0.3) is 5.91 Å². The second-order valence-electron chi connectivity index (χ2n) is 5.71. The Hall–Kier alpha value is -1.35. The highest BCUT2D eigenvalue weighted by atomic mass is 79.9. The number of primary sulfonamides is 1. The molecule has 0 aliphatic heterocycles. The molecule has 0 saturated heterocycles. The Balaban J connectivity index is 2.34. The summed E-state index contributed by atoms with van der Waals surface area (Å²) in [6, 6.07) is 12.8. The highest BCUT2D eigenvalue weighted by molar-refractivity contribution is 9.10. The minimum atomic E-state index is -3.93. The monoisotopic (exact) mass is 456 g/mol. The molecule has 26 heavy (non-hydrogen) atoms. The summed E-state index contributed by atoms with van der Waals surface area (Å²) < 4.78 is 23.9. The Kier molecular flexibility index (Phi) is 7.69. The van der Waals surface area contributed by atoms with Crippen LogP contribution in [0.3, 0.4) is 0 Å². The van der Waals surface area contributed by atoms with Crippen molar-refractivity contribution in [3.8, 4) is 0 Å². The summed E-state index contributed by atoms with van der Waals surface area (Å²) in [4.78, 5) is 13.2. The molecular weight excluding hydrogens is 436 g/mol. The Morgan fingerprint density at radius 2 is 1.92 bits per heavy atom. The molecule has 0 saturated carbocycles. The lowest BCUT2D eigenvalue weighted by molar-refractivity contribution is 0.0950. The van der Waals surface area contributed by atoms with E-state index in [0.29, 0.717) is 27.2 Å². The number of carbonyl (C=O) groups is 1. The van der Waals surface area contributed by atoms with Gasteiger partial charge in [0.2, 0.25) is 10.0 Å². The fourth-order valence-electron chi connectivity index (χ4n) is 2.26. The van der Waals surface area contributed by atoms with Crippen LogP contribution in [0.25, 0.3) is 0 Å².